The number of ether oxygens (including phenoxy) is 1. The van der Waals surface area contributed by atoms with Gasteiger partial charge in [-0.15, -0.1) is 0 Å². The highest BCUT2D eigenvalue weighted by Crippen LogP contribution is 2.25. The fourth-order valence-electron chi connectivity index (χ4n) is 2.83. The number of unbranched alkanes of at least 4 members (excludes halogenated alkanes) is 1. The number of carboxylic acid groups (broad SMARTS) is 1. The van der Waals surface area contributed by atoms with Crippen molar-refractivity contribution >= 4 is 23.6 Å². The van der Waals surface area contributed by atoms with E-state index in [0.717, 1.165) is 0 Å². The Balaban J connectivity index is 1.87. The molecule has 0 bridgehead atoms. The van der Waals surface area contributed by atoms with Crippen molar-refractivity contribution in [3.8, 4) is 0 Å². The number of hydrogen-bond donors (Lipinski definition) is 2. The zero-order chi connectivity index (χ0) is 16.8. The monoisotopic (exact) mass is 322 g/mol. The Morgan fingerprint density at radius 1 is 1.43 bits per heavy atom. The number of aliphatic imine (C=N–C) groups is 1. The van der Waals surface area contributed by atoms with Gasteiger partial charge in [0, 0.05) is 18.4 Å². The number of carboxylic acids is 1. The number of aliphatic carboxylic acids is 1. The Kier molecular flexibility index (Phi) is 5.90. The first kappa shape index (κ1) is 17.2. The number of esters is 1. The summed E-state index contributed by atoms with van der Waals surface area (Å²) in [6.45, 7) is 2.13. The second kappa shape index (κ2) is 7.89. The van der Waals surface area contributed by atoms with Crippen LogP contribution in [0.15, 0.2) is 16.6 Å². The molecule has 23 heavy (non-hydrogen) atoms. The van der Waals surface area contributed by atoms with Gasteiger partial charge >= 0.3 is 11.9 Å². The van der Waals surface area contributed by atoms with E-state index in [1.807, 2.05) is 0 Å². The van der Waals surface area contributed by atoms with Crippen molar-refractivity contribution in [2.75, 3.05) is 6.61 Å². The number of fused-ring (bicyclic) bond motifs is 1. The number of rotatable bonds is 7. The van der Waals surface area contributed by atoms with Gasteiger partial charge in [0.05, 0.1) is 24.4 Å². The molecule has 0 saturated carbocycles. The lowest BCUT2D eigenvalue weighted by Gasteiger charge is -2.32. The van der Waals surface area contributed by atoms with E-state index in [4.69, 9.17) is 9.84 Å². The molecule has 1 aliphatic carbocycles. The molecular formula is C16H22N2O5. The second-order valence-electron chi connectivity index (χ2n) is 5.71. The van der Waals surface area contributed by atoms with Crippen molar-refractivity contribution < 1.29 is 24.2 Å². The first-order chi connectivity index (χ1) is 11.0. The average Bonchev–Trinajstić information content (AvgIpc) is 2.51. The number of carbonyl (C=O) groups excluding carboxylic acids is 2. The fourth-order valence-corrected chi connectivity index (χ4v) is 2.83. The number of nitrogens with zero attached hydrogens (tertiary/aromatic N) is 1. The molecule has 2 unspecified atom stereocenters. The van der Waals surface area contributed by atoms with Gasteiger partial charge in [0.2, 0.25) is 0 Å². The third-order valence-electron chi connectivity index (χ3n) is 4.04. The fraction of sp³-hybridized carbons (Fsp3) is 0.625. The Bertz CT molecular complexity index is 553. The van der Waals surface area contributed by atoms with Crippen LogP contribution in [0.3, 0.4) is 0 Å². The second-order valence-corrected chi connectivity index (χ2v) is 5.71. The van der Waals surface area contributed by atoms with Crippen LogP contribution in [0, 0.1) is 0 Å². The van der Waals surface area contributed by atoms with Crippen LogP contribution in [0.4, 0.5) is 0 Å². The summed E-state index contributed by atoms with van der Waals surface area (Å²) in [5.74, 6) is -1.34. The van der Waals surface area contributed by atoms with E-state index in [2.05, 4.69) is 10.3 Å². The minimum absolute atomic E-state index is 0.117. The third kappa shape index (κ3) is 4.64. The molecule has 1 heterocycles. The van der Waals surface area contributed by atoms with E-state index in [1.165, 1.54) is 0 Å². The highest BCUT2D eigenvalue weighted by molar-refractivity contribution is 6.39. The van der Waals surface area contributed by atoms with Crippen LogP contribution in [0.25, 0.3) is 0 Å². The van der Waals surface area contributed by atoms with Crippen molar-refractivity contribution in [1.82, 2.24) is 5.32 Å². The van der Waals surface area contributed by atoms with E-state index in [1.54, 1.807) is 13.0 Å². The predicted octanol–water partition coefficient (Wildman–Crippen LogP) is 1.22. The molecule has 0 spiro atoms. The minimum atomic E-state index is -0.925. The Morgan fingerprint density at radius 3 is 2.91 bits per heavy atom. The van der Waals surface area contributed by atoms with Gasteiger partial charge in [-0.25, -0.2) is 4.79 Å². The van der Waals surface area contributed by atoms with Crippen LogP contribution in [-0.4, -0.2) is 47.4 Å². The Hall–Kier alpha value is -2.18. The van der Waals surface area contributed by atoms with Gasteiger partial charge in [-0.2, -0.15) is 0 Å². The summed E-state index contributed by atoms with van der Waals surface area (Å²) in [6, 6.07) is -0.322. The lowest BCUT2D eigenvalue weighted by Crippen LogP contribution is -2.51. The molecular weight excluding hydrogens is 300 g/mol. The van der Waals surface area contributed by atoms with Crippen LogP contribution < -0.4 is 5.32 Å². The van der Waals surface area contributed by atoms with Crippen LogP contribution in [0.1, 0.15) is 45.4 Å². The molecule has 0 aromatic carbocycles. The standard InChI is InChI=1S/C16H22N2O5/c1-2-23-14(19)6-4-3-5-12-15(20)18-11-8-7-10(16(21)22)9-13(11)17-12/h7,11,13H,2-6,8-9H2,1H3,(H,18,20)(H,21,22). The quantitative estimate of drug-likeness (QED) is 0.541. The highest BCUT2D eigenvalue weighted by Gasteiger charge is 2.34. The number of carbonyl (C=O) groups is 3. The zero-order valence-electron chi connectivity index (χ0n) is 13.2. The van der Waals surface area contributed by atoms with E-state index in [0.29, 0.717) is 56.4 Å². The first-order valence-corrected chi connectivity index (χ1v) is 7.96. The van der Waals surface area contributed by atoms with Gasteiger partial charge in [0.1, 0.15) is 0 Å². The van der Waals surface area contributed by atoms with Crippen molar-refractivity contribution in [2.24, 2.45) is 4.99 Å². The molecule has 0 fully saturated rings. The maximum absolute atomic E-state index is 12.0. The lowest BCUT2D eigenvalue weighted by molar-refractivity contribution is -0.143. The average molecular weight is 322 g/mol. The summed E-state index contributed by atoms with van der Waals surface area (Å²) in [6.07, 6.45) is 4.62. The molecule has 0 radical (unpaired) electrons. The number of nitrogens with one attached hydrogen (secondary N) is 1. The molecule has 7 nitrogen and oxygen atoms in total. The highest BCUT2D eigenvalue weighted by atomic mass is 16.5. The van der Waals surface area contributed by atoms with Gasteiger partial charge in [-0.3, -0.25) is 14.6 Å². The van der Waals surface area contributed by atoms with Crippen molar-refractivity contribution in [3.05, 3.63) is 11.6 Å². The largest absolute Gasteiger partial charge is 0.478 e. The van der Waals surface area contributed by atoms with Gasteiger partial charge in [-0.05, 0) is 32.6 Å². The summed E-state index contributed by atoms with van der Waals surface area (Å²) in [5, 5.41) is 12.0. The zero-order valence-corrected chi connectivity index (χ0v) is 13.2. The summed E-state index contributed by atoms with van der Waals surface area (Å²) in [4.78, 5) is 38.8. The van der Waals surface area contributed by atoms with Gasteiger partial charge in [0.15, 0.2) is 0 Å². The van der Waals surface area contributed by atoms with Crippen LogP contribution in [-0.2, 0) is 19.1 Å². The molecule has 0 saturated heterocycles. The van der Waals surface area contributed by atoms with E-state index >= 15 is 0 Å². The van der Waals surface area contributed by atoms with Crippen molar-refractivity contribution in [1.29, 1.82) is 0 Å². The Labute approximate surface area is 134 Å². The topological polar surface area (TPSA) is 105 Å². The maximum atomic E-state index is 12.0. The number of hydrogen-bond acceptors (Lipinski definition) is 5. The molecule has 2 aliphatic rings. The minimum Gasteiger partial charge on any atom is -0.478 e. The molecule has 126 valence electrons. The molecule has 0 aromatic heterocycles. The number of amides is 1. The van der Waals surface area contributed by atoms with Crippen LogP contribution in [0.2, 0.25) is 0 Å². The van der Waals surface area contributed by atoms with Crippen LogP contribution in [0.5, 0.6) is 0 Å². The van der Waals surface area contributed by atoms with E-state index in [9.17, 15) is 14.4 Å². The summed E-state index contributed by atoms with van der Waals surface area (Å²) < 4.78 is 4.85. The maximum Gasteiger partial charge on any atom is 0.331 e. The molecule has 2 rings (SSSR count). The molecule has 2 N–H and O–H groups in total. The molecule has 2 atom stereocenters. The predicted molar refractivity (Wildman–Crippen MR) is 83.2 cm³/mol. The first-order valence-electron chi connectivity index (χ1n) is 7.96. The molecule has 1 amide bonds. The smallest absolute Gasteiger partial charge is 0.331 e. The van der Waals surface area contributed by atoms with Crippen molar-refractivity contribution in [2.45, 2.75) is 57.5 Å². The molecule has 0 aromatic rings. The van der Waals surface area contributed by atoms with Crippen molar-refractivity contribution in [3.63, 3.8) is 0 Å². The van der Waals surface area contributed by atoms with Gasteiger partial charge in [0.25, 0.3) is 5.91 Å². The van der Waals surface area contributed by atoms with E-state index < -0.39 is 5.97 Å². The molecule has 1 aliphatic heterocycles. The van der Waals surface area contributed by atoms with E-state index in [-0.39, 0.29) is 24.0 Å². The van der Waals surface area contributed by atoms with Crippen LogP contribution >= 0.6 is 0 Å². The summed E-state index contributed by atoms with van der Waals surface area (Å²) >= 11 is 0. The summed E-state index contributed by atoms with van der Waals surface area (Å²) in [5.41, 5.74) is 0.801. The molecule has 7 heteroatoms. The SMILES string of the molecule is CCOC(=O)CCCCC1=NC2CC(C(=O)O)=CCC2NC1=O. The Morgan fingerprint density at radius 2 is 2.22 bits per heavy atom. The van der Waals surface area contributed by atoms with Gasteiger partial charge < -0.3 is 15.2 Å². The lowest BCUT2D eigenvalue weighted by atomic mass is 9.88. The van der Waals surface area contributed by atoms with Gasteiger partial charge in [-0.1, -0.05) is 6.08 Å². The normalized spacial score (nSPS) is 23.3. The third-order valence-corrected chi connectivity index (χ3v) is 4.04. The summed E-state index contributed by atoms with van der Waals surface area (Å²) in [7, 11) is 0.